The molecule has 0 saturated heterocycles. The molecule has 0 spiro atoms. The molecule has 25 heavy (non-hydrogen) atoms. The zero-order valence-electron chi connectivity index (χ0n) is 15.2. The predicted octanol–water partition coefficient (Wildman–Crippen LogP) is 3.22. The molecule has 1 unspecified atom stereocenters. The van der Waals surface area contributed by atoms with Gasteiger partial charge in [-0.1, -0.05) is 36.4 Å². The van der Waals surface area contributed by atoms with E-state index in [0.29, 0.717) is 19.7 Å². The van der Waals surface area contributed by atoms with Crippen molar-refractivity contribution in [2.75, 3.05) is 20.2 Å². The molecule has 5 heteroatoms. The van der Waals surface area contributed by atoms with E-state index in [0.717, 1.165) is 23.0 Å². The highest BCUT2D eigenvalue weighted by atomic mass is 16.5. The Kier molecular flexibility index (Phi) is 7.63. The van der Waals surface area contributed by atoms with Gasteiger partial charge >= 0.3 is 0 Å². The van der Waals surface area contributed by atoms with Crippen LogP contribution in [-0.4, -0.2) is 32.3 Å². The van der Waals surface area contributed by atoms with Gasteiger partial charge in [0.2, 0.25) is 0 Å². The van der Waals surface area contributed by atoms with Gasteiger partial charge in [-0.05, 0) is 32.0 Å². The van der Waals surface area contributed by atoms with Crippen LogP contribution in [0, 0.1) is 0 Å². The minimum atomic E-state index is 0.0247. The lowest BCUT2D eigenvalue weighted by atomic mass is 10.2. The number of benzene rings is 2. The Hall–Kier alpha value is -2.69. The third-order valence-corrected chi connectivity index (χ3v) is 3.58. The van der Waals surface area contributed by atoms with Crippen LogP contribution in [0.4, 0.5) is 0 Å². The van der Waals surface area contributed by atoms with E-state index in [4.69, 9.17) is 9.47 Å². The maximum absolute atomic E-state index is 5.86. The van der Waals surface area contributed by atoms with Crippen molar-refractivity contribution in [1.29, 1.82) is 0 Å². The van der Waals surface area contributed by atoms with Gasteiger partial charge in [0.05, 0.1) is 13.2 Å². The third kappa shape index (κ3) is 6.37. The van der Waals surface area contributed by atoms with Gasteiger partial charge in [-0.25, -0.2) is 0 Å². The molecule has 2 aromatic rings. The van der Waals surface area contributed by atoms with Gasteiger partial charge in [0.1, 0.15) is 17.6 Å². The molecule has 0 heterocycles. The number of guanidine groups is 1. The van der Waals surface area contributed by atoms with Crippen LogP contribution >= 0.6 is 0 Å². The molecule has 0 saturated carbocycles. The second-order valence-corrected chi connectivity index (χ2v) is 5.59. The summed E-state index contributed by atoms with van der Waals surface area (Å²) >= 11 is 0. The highest BCUT2D eigenvalue weighted by Crippen LogP contribution is 2.17. The number of hydrogen-bond acceptors (Lipinski definition) is 3. The lowest BCUT2D eigenvalue weighted by molar-refractivity contribution is 0.224. The summed E-state index contributed by atoms with van der Waals surface area (Å²) in [5, 5.41) is 6.59. The molecule has 0 aliphatic rings. The molecule has 0 radical (unpaired) electrons. The standard InChI is InChI=1S/C20H27N3O2/c1-4-24-19-13-9-8-10-17(19)15-23-20(21-3)22-14-16(2)25-18-11-6-5-7-12-18/h5-13,16H,4,14-15H2,1-3H3,(H2,21,22,23). The van der Waals surface area contributed by atoms with Gasteiger partial charge in [0.15, 0.2) is 5.96 Å². The van der Waals surface area contributed by atoms with E-state index >= 15 is 0 Å². The average Bonchev–Trinajstić information content (AvgIpc) is 2.64. The quantitative estimate of drug-likeness (QED) is 0.572. The summed E-state index contributed by atoms with van der Waals surface area (Å²) in [6.07, 6.45) is 0.0247. The lowest BCUT2D eigenvalue weighted by Crippen LogP contribution is -2.41. The largest absolute Gasteiger partial charge is 0.494 e. The molecule has 2 aromatic carbocycles. The summed E-state index contributed by atoms with van der Waals surface area (Å²) < 4.78 is 11.5. The summed E-state index contributed by atoms with van der Waals surface area (Å²) in [6, 6.07) is 17.8. The first-order valence-electron chi connectivity index (χ1n) is 8.59. The first-order valence-corrected chi connectivity index (χ1v) is 8.59. The number of nitrogens with one attached hydrogen (secondary N) is 2. The summed E-state index contributed by atoms with van der Waals surface area (Å²) in [4.78, 5) is 4.26. The van der Waals surface area contributed by atoms with Crippen molar-refractivity contribution in [1.82, 2.24) is 10.6 Å². The smallest absolute Gasteiger partial charge is 0.191 e. The zero-order valence-corrected chi connectivity index (χ0v) is 15.2. The molecule has 0 aliphatic heterocycles. The Bertz CT molecular complexity index is 659. The Labute approximate surface area is 150 Å². The van der Waals surface area contributed by atoms with E-state index in [9.17, 15) is 0 Å². The summed E-state index contributed by atoms with van der Waals surface area (Å²) in [6.45, 7) is 5.96. The van der Waals surface area contributed by atoms with Crippen molar-refractivity contribution in [2.24, 2.45) is 4.99 Å². The molecule has 0 amide bonds. The fourth-order valence-corrected chi connectivity index (χ4v) is 2.36. The second-order valence-electron chi connectivity index (χ2n) is 5.59. The van der Waals surface area contributed by atoms with Crippen LogP contribution in [0.1, 0.15) is 19.4 Å². The van der Waals surface area contributed by atoms with Crippen LogP contribution in [0.5, 0.6) is 11.5 Å². The number of ether oxygens (including phenoxy) is 2. The van der Waals surface area contributed by atoms with E-state index in [1.54, 1.807) is 7.05 Å². The van der Waals surface area contributed by atoms with Crippen LogP contribution in [0.15, 0.2) is 59.6 Å². The topological polar surface area (TPSA) is 54.9 Å². The van der Waals surface area contributed by atoms with E-state index in [1.807, 2.05) is 68.4 Å². The van der Waals surface area contributed by atoms with Crippen LogP contribution in [-0.2, 0) is 6.54 Å². The molecule has 5 nitrogen and oxygen atoms in total. The molecule has 1 atom stereocenters. The molecule has 0 aliphatic carbocycles. The second kappa shape index (κ2) is 10.2. The van der Waals surface area contributed by atoms with Crippen LogP contribution in [0.3, 0.4) is 0 Å². The van der Waals surface area contributed by atoms with Crippen LogP contribution in [0.2, 0.25) is 0 Å². The van der Waals surface area contributed by atoms with E-state index in [2.05, 4.69) is 15.6 Å². The molecular formula is C20H27N3O2. The van der Waals surface area contributed by atoms with Crippen molar-refractivity contribution in [3.63, 3.8) is 0 Å². The molecule has 0 aromatic heterocycles. The third-order valence-electron chi connectivity index (χ3n) is 3.58. The lowest BCUT2D eigenvalue weighted by Gasteiger charge is -2.18. The maximum atomic E-state index is 5.86. The number of nitrogens with zero attached hydrogens (tertiary/aromatic N) is 1. The number of para-hydroxylation sites is 2. The first-order chi connectivity index (χ1) is 12.2. The highest BCUT2D eigenvalue weighted by molar-refractivity contribution is 5.79. The Morgan fingerprint density at radius 1 is 1.04 bits per heavy atom. The highest BCUT2D eigenvalue weighted by Gasteiger charge is 2.07. The van der Waals surface area contributed by atoms with E-state index in [1.165, 1.54) is 0 Å². The predicted molar refractivity (Wildman–Crippen MR) is 102 cm³/mol. The maximum Gasteiger partial charge on any atom is 0.191 e. The van der Waals surface area contributed by atoms with Crippen molar-refractivity contribution >= 4 is 5.96 Å². The minimum absolute atomic E-state index is 0.0247. The number of rotatable bonds is 8. The SMILES string of the molecule is CCOc1ccccc1CNC(=NC)NCC(C)Oc1ccccc1. The van der Waals surface area contributed by atoms with Gasteiger partial charge in [0.25, 0.3) is 0 Å². The number of aliphatic imine (C=N–C) groups is 1. The summed E-state index contributed by atoms with van der Waals surface area (Å²) in [5.41, 5.74) is 1.10. The van der Waals surface area contributed by atoms with E-state index < -0.39 is 0 Å². The first kappa shape index (κ1) is 18.6. The molecule has 2 rings (SSSR count). The monoisotopic (exact) mass is 341 g/mol. The Morgan fingerprint density at radius 2 is 1.76 bits per heavy atom. The van der Waals surface area contributed by atoms with Crippen molar-refractivity contribution < 1.29 is 9.47 Å². The normalized spacial score (nSPS) is 12.4. The van der Waals surface area contributed by atoms with E-state index in [-0.39, 0.29) is 6.10 Å². The van der Waals surface area contributed by atoms with Gasteiger partial charge in [-0.2, -0.15) is 0 Å². The van der Waals surface area contributed by atoms with Gasteiger partial charge in [-0.3, -0.25) is 4.99 Å². The molecule has 0 bridgehead atoms. The average molecular weight is 341 g/mol. The Morgan fingerprint density at radius 3 is 2.48 bits per heavy atom. The number of hydrogen-bond donors (Lipinski definition) is 2. The summed E-state index contributed by atoms with van der Waals surface area (Å²) in [7, 11) is 1.76. The fourth-order valence-electron chi connectivity index (χ4n) is 2.36. The molecule has 134 valence electrons. The van der Waals surface area contributed by atoms with Crippen LogP contribution < -0.4 is 20.1 Å². The van der Waals surface area contributed by atoms with Crippen molar-refractivity contribution in [3.05, 3.63) is 60.2 Å². The van der Waals surface area contributed by atoms with Gasteiger partial charge in [-0.15, -0.1) is 0 Å². The molecular weight excluding hydrogens is 314 g/mol. The molecule has 0 fully saturated rings. The Balaban J connectivity index is 1.81. The fraction of sp³-hybridized carbons (Fsp3) is 0.350. The minimum Gasteiger partial charge on any atom is -0.494 e. The molecule has 2 N–H and O–H groups in total. The van der Waals surface area contributed by atoms with Crippen molar-refractivity contribution in [3.8, 4) is 11.5 Å². The van der Waals surface area contributed by atoms with Gasteiger partial charge in [0, 0.05) is 19.2 Å². The zero-order chi connectivity index (χ0) is 17.9. The van der Waals surface area contributed by atoms with Gasteiger partial charge < -0.3 is 20.1 Å². The van der Waals surface area contributed by atoms with Crippen molar-refractivity contribution in [2.45, 2.75) is 26.5 Å². The van der Waals surface area contributed by atoms with Crippen LogP contribution in [0.25, 0.3) is 0 Å². The summed E-state index contributed by atoms with van der Waals surface area (Å²) in [5.74, 6) is 2.49.